The SMILES string of the molecule is CCC(C)NC(=O)CSc1nc2scc(-c3cccs3)c2c(=O)n1CC. The van der Waals surface area contributed by atoms with Crippen molar-refractivity contribution in [3.8, 4) is 10.4 Å². The van der Waals surface area contributed by atoms with Crippen LogP contribution in [0.5, 0.6) is 0 Å². The summed E-state index contributed by atoms with van der Waals surface area (Å²) < 4.78 is 1.66. The Morgan fingerprint density at radius 1 is 1.38 bits per heavy atom. The third kappa shape index (κ3) is 3.87. The molecule has 8 heteroatoms. The van der Waals surface area contributed by atoms with Crippen LogP contribution in [0.4, 0.5) is 0 Å². The zero-order valence-electron chi connectivity index (χ0n) is 14.9. The minimum Gasteiger partial charge on any atom is -0.353 e. The van der Waals surface area contributed by atoms with Crippen LogP contribution in [0, 0.1) is 0 Å². The number of nitrogens with zero attached hydrogens (tertiary/aromatic N) is 2. The van der Waals surface area contributed by atoms with Gasteiger partial charge in [-0.15, -0.1) is 22.7 Å². The van der Waals surface area contributed by atoms with Crippen LogP contribution < -0.4 is 10.9 Å². The van der Waals surface area contributed by atoms with Crippen molar-refractivity contribution in [3.05, 3.63) is 33.2 Å². The minimum absolute atomic E-state index is 0.0352. The molecule has 0 saturated heterocycles. The molecule has 3 rings (SSSR count). The van der Waals surface area contributed by atoms with E-state index in [1.54, 1.807) is 15.9 Å². The summed E-state index contributed by atoms with van der Waals surface area (Å²) >= 11 is 4.41. The quantitative estimate of drug-likeness (QED) is 0.471. The molecule has 138 valence electrons. The van der Waals surface area contributed by atoms with Gasteiger partial charge in [0.1, 0.15) is 4.83 Å². The van der Waals surface area contributed by atoms with E-state index in [2.05, 4.69) is 10.3 Å². The molecular weight excluding hydrogens is 386 g/mol. The maximum absolute atomic E-state index is 13.0. The van der Waals surface area contributed by atoms with Gasteiger partial charge >= 0.3 is 0 Å². The van der Waals surface area contributed by atoms with E-state index in [1.807, 2.05) is 43.7 Å². The van der Waals surface area contributed by atoms with Crippen LogP contribution >= 0.6 is 34.4 Å². The molecule has 1 N–H and O–H groups in total. The van der Waals surface area contributed by atoms with E-state index in [0.29, 0.717) is 17.1 Å². The standard InChI is InChI=1S/C18H21N3O2S3/c1-4-11(3)19-14(22)10-26-18-20-16-15(17(23)21(18)5-2)12(9-25-16)13-7-6-8-24-13/h6-9,11H,4-5,10H2,1-3H3,(H,19,22). The van der Waals surface area contributed by atoms with Crippen molar-refractivity contribution in [1.29, 1.82) is 0 Å². The molecule has 0 aliphatic heterocycles. The van der Waals surface area contributed by atoms with Gasteiger partial charge in [-0.25, -0.2) is 4.98 Å². The molecule has 0 bridgehead atoms. The van der Waals surface area contributed by atoms with Gasteiger partial charge in [-0.3, -0.25) is 14.2 Å². The molecule has 0 fully saturated rings. The second-order valence-electron chi connectivity index (χ2n) is 5.92. The Kier molecular flexibility index (Phi) is 6.16. The summed E-state index contributed by atoms with van der Waals surface area (Å²) in [6, 6.07) is 4.15. The molecule has 0 aromatic carbocycles. The monoisotopic (exact) mass is 407 g/mol. The summed E-state index contributed by atoms with van der Waals surface area (Å²) in [5.41, 5.74) is 0.915. The van der Waals surface area contributed by atoms with Gasteiger partial charge < -0.3 is 5.32 Å². The number of carbonyl (C=O) groups excluding carboxylic acids is 1. The number of fused-ring (bicyclic) bond motifs is 1. The van der Waals surface area contributed by atoms with Crippen LogP contribution in [-0.4, -0.2) is 27.3 Å². The zero-order valence-corrected chi connectivity index (χ0v) is 17.4. The van der Waals surface area contributed by atoms with Gasteiger partial charge in [-0.1, -0.05) is 24.8 Å². The largest absolute Gasteiger partial charge is 0.353 e. The minimum atomic E-state index is -0.0354. The predicted molar refractivity (Wildman–Crippen MR) is 111 cm³/mol. The smallest absolute Gasteiger partial charge is 0.263 e. The van der Waals surface area contributed by atoms with Gasteiger partial charge in [-0.2, -0.15) is 0 Å². The molecule has 1 unspecified atom stereocenters. The highest BCUT2D eigenvalue weighted by molar-refractivity contribution is 7.99. The van der Waals surface area contributed by atoms with E-state index in [9.17, 15) is 9.59 Å². The summed E-state index contributed by atoms with van der Waals surface area (Å²) in [6.07, 6.45) is 0.890. The first-order chi connectivity index (χ1) is 12.5. The molecule has 0 spiro atoms. The van der Waals surface area contributed by atoms with E-state index >= 15 is 0 Å². The Labute approximate surface area is 164 Å². The normalized spacial score (nSPS) is 12.4. The molecule has 0 saturated carbocycles. The highest BCUT2D eigenvalue weighted by Gasteiger charge is 2.18. The molecule has 0 radical (unpaired) electrons. The van der Waals surface area contributed by atoms with Gasteiger partial charge in [0.2, 0.25) is 5.91 Å². The third-order valence-electron chi connectivity index (χ3n) is 4.11. The maximum atomic E-state index is 13.0. The highest BCUT2D eigenvalue weighted by atomic mass is 32.2. The van der Waals surface area contributed by atoms with E-state index in [4.69, 9.17) is 0 Å². The van der Waals surface area contributed by atoms with Crippen molar-refractivity contribution in [1.82, 2.24) is 14.9 Å². The van der Waals surface area contributed by atoms with Crippen LogP contribution in [0.3, 0.4) is 0 Å². The Hall–Kier alpha value is -1.64. The topological polar surface area (TPSA) is 64.0 Å². The second-order valence-corrected chi connectivity index (χ2v) is 8.66. The lowest BCUT2D eigenvalue weighted by Gasteiger charge is -2.12. The lowest BCUT2D eigenvalue weighted by molar-refractivity contribution is -0.119. The third-order valence-corrected chi connectivity index (χ3v) is 6.87. The summed E-state index contributed by atoms with van der Waals surface area (Å²) in [7, 11) is 0. The van der Waals surface area contributed by atoms with Crippen molar-refractivity contribution in [2.24, 2.45) is 0 Å². The summed E-state index contributed by atoms with van der Waals surface area (Å²) in [5, 5.41) is 8.22. The molecule has 3 aromatic rings. The van der Waals surface area contributed by atoms with Crippen molar-refractivity contribution in [2.75, 3.05) is 5.75 Å². The average molecular weight is 408 g/mol. The number of hydrogen-bond donors (Lipinski definition) is 1. The Balaban J connectivity index is 1.93. The lowest BCUT2D eigenvalue weighted by Crippen LogP contribution is -2.33. The van der Waals surface area contributed by atoms with Gasteiger partial charge in [-0.05, 0) is 31.7 Å². The zero-order chi connectivity index (χ0) is 18.7. The molecule has 1 atom stereocenters. The number of rotatable bonds is 7. The summed E-state index contributed by atoms with van der Waals surface area (Å²) in [5.74, 6) is 0.220. The van der Waals surface area contributed by atoms with Crippen molar-refractivity contribution < 1.29 is 4.79 Å². The van der Waals surface area contributed by atoms with Gasteiger partial charge in [0, 0.05) is 28.4 Å². The molecular formula is C18H21N3O2S3. The number of hydrogen-bond acceptors (Lipinski definition) is 6. The lowest BCUT2D eigenvalue weighted by atomic mass is 10.2. The van der Waals surface area contributed by atoms with Crippen molar-refractivity contribution >= 4 is 50.6 Å². The van der Waals surface area contributed by atoms with Gasteiger partial charge in [0.25, 0.3) is 5.56 Å². The fraction of sp³-hybridized carbons (Fsp3) is 0.389. The fourth-order valence-electron chi connectivity index (χ4n) is 2.56. The Bertz CT molecular complexity index is 960. The number of thiophene rings is 2. The number of carbonyl (C=O) groups is 1. The van der Waals surface area contributed by atoms with Gasteiger partial charge in [0.15, 0.2) is 5.16 Å². The summed E-state index contributed by atoms with van der Waals surface area (Å²) in [6.45, 7) is 6.46. The Morgan fingerprint density at radius 3 is 2.85 bits per heavy atom. The number of amides is 1. The number of aromatic nitrogens is 2. The Morgan fingerprint density at radius 2 is 2.19 bits per heavy atom. The average Bonchev–Trinajstić information content (AvgIpc) is 3.29. The molecule has 3 heterocycles. The molecule has 0 aliphatic carbocycles. The van der Waals surface area contributed by atoms with Crippen LogP contribution in [-0.2, 0) is 11.3 Å². The van der Waals surface area contributed by atoms with Crippen LogP contribution in [0.1, 0.15) is 27.2 Å². The van der Waals surface area contributed by atoms with E-state index in [-0.39, 0.29) is 23.3 Å². The van der Waals surface area contributed by atoms with Gasteiger partial charge in [0.05, 0.1) is 11.1 Å². The summed E-state index contributed by atoms with van der Waals surface area (Å²) in [4.78, 5) is 31.6. The van der Waals surface area contributed by atoms with Crippen LogP contribution in [0.25, 0.3) is 20.7 Å². The first kappa shape index (κ1) is 19.1. The molecule has 26 heavy (non-hydrogen) atoms. The molecule has 1 amide bonds. The fourth-order valence-corrected chi connectivity index (χ4v) is 5.23. The van der Waals surface area contributed by atoms with Crippen LogP contribution in [0.15, 0.2) is 32.8 Å². The van der Waals surface area contributed by atoms with Crippen molar-refractivity contribution in [3.63, 3.8) is 0 Å². The maximum Gasteiger partial charge on any atom is 0.263 e. The predicted octanol–water partition coefficient (Wildman–Crippen LogP) is 4.21. The van der Waals surface area contributed by atoms with Crippen LogP contribution in [0.2, 0.25) is 0 Å². The number of nitrogens with one attached hydrogen (secondary N) is 1. The highest BCUT2D eigenvalue weighted by Crippen LogP contribution is 2.34. The van der Waals surface area contributed by atoms with E-state index in [0.717, 1.165) is 21.7 Å². The second kappa shape index (κ2) is 8.37. The molecule has 5 nitrogen and oxygen atoms in total. The molecule has 3 aromatic heterocycles. The number of thioether (sulfide) groups is 1. The first-order valence-electron chi connectivity index (χ1n) is 8.53. The first-order valence-corrected chi connectivity index (χ1v) is 11.3. The van der Waals surface area contributed by atoms with E-state index in [1.165, 1.54) is 23.1 Å². The van der Waals surface area contributed by atoms with Crippen molar-refractivity contribution in [2.45, 2.75) is 44.9 Å². The van der Waals surface area contributed by atoms with E-state index < -0.39 is 0 Å². The molecule has 0 aliphatic rings.